The van der Waals surface area contributed by atoms with E-state index in [9.17, 15) is 29.6 Å². The molecule has 0 saturated heterocycles. The van der Waals surface area contributed by atoms with Crippen LogP contribution in [-0.4, -0.2) is 57.8 Å². The zero-order chi connectivity index (χ0) is 23.8. The van der Waals surface area contributed by atoms with Crippen molar-refractivity contribution in [2.75, 3.05) is 6.61 Å². The molecule has 1 rings (SSSR count). The fourth-order valence-electron chi connectivity index (χ4n) is 2.33. The topological polar surface area (TPSA) is 157 Å². The van der Waals surface area contributed by atoms with E-state index in [4.69, 9.17) is 9.47 Å². The standard InChI is InChI=1S/C20H29N3O8/c1-19(2,3)31-17(26)15(20(4,5)23(28)29)22-16(25)14(11-24)21-18(27)30-12-13-9-7-6-8-10-13/h6-10,14-15,24H,11-12H2,1-5H3,(H,21,27)(H,22,25)/t14-,15?/m0/s1. The summed E-state index contributed by atoms with van der Waals surface area (Å²) < 4.78 is 10.2. The molecule has 3 N–H and O–H groups in total. The highest BCUT2D eigenvalue weighted by molar-refractivity contribution is 5.90. The third-order valence-corrected chi connectivity index (χ3v) is 4.11. The second-order valence-corrected chi connectivity index (χ2v) is 8.33. The Balaban J connectivity index is 2.86. The van der Waals surface area contributed by atoms with Crippen molar-refractivity contribution in [1.29, 1.82) is 0 Å². The molecule has 0 fully saturated rings. The van der Waals surface area contributed by atoms with Crippen LogP contribution in [0.3, 0.4) is 0 Å². The second-order valence-electron chi connectivity index (χ2n) is 8.33. The van der Waals surface area contributed by atoms with E-state index in [1.165, 1.54) is 0 Å². The maximum Gasteiger partial charge on any atom is 0.408 e. The van der Waals surface area contributed by atoms with Crippen LogP contribution in [-0.2, 0) is 25.7 Å². The first-order valence-electron chi connectivity index (χ1n) is 9.53. The van der Waals surface area contributed by atoms with Crippen LogP contribution in [0, 0.1) is 10.1 Å². The summed E-state index contributed by atoms with van der Waals surface area (Å²) >= 11 is 0. The van der Waals surface area contributed by atoms with Gasteiger partial charge in [-0.2, -0.15) is 0 Å². The Morgan fingerprint density at radius 3 is 2.16 bits per heavy atom. The number of hydrogen-bond donors (Lipinski definition) is 3. The smallest absolute Gasteiger partial charge is 0.408 e. The minimum atomic E-state index is -1.92. The molecule has 1 unspecified atom stereocenters. The van der Waals surface area contributed by atoms with E-state index < -0.39 is 52.7 Å². The molecular weight excluding hydrogens is 410 g/mol. The number of carbonyl (C=O) groups is 3. The van der Waals surface area contributed by atoms with Crippen molar-refractivity contribution in [1.82, 2.24) is 10.6 Å². The molecule has 172 valence electrons. The number of carbonyl (C=O) groups excluding carboxylic acids is 3. The summed E-state index contributed by atoms with van der Waals surface area (Å²) in [5.74, 6) is -2.03. The number of nitrogens with zero attached hydrogens (tertiary/aromatic N) is 1. The molecule has 11 heteroatoms. The largest absolute Gasteiger partial charge is 0.458 e. The van der Waals surface area contributed by atoms with Crippen LogP contribution < -0.4 is 10.6 Å². The van der Waals surface area contributed by atoms with Gasteiger partial charge in [0.25, 0.3) is 0 Å². The van der Waals surface area contributed by atoms with Crippen LogP contribution in [0.25, 0.3) is 0 Å². The summed E-state index contributed by atoms with van der Waals surface area (Å²) in [5.41, 5.74) is -2.17. The fourth-order valence-corrected chi connectivity index (χ4v) is 2.33. The number of aliphatic hydroxyl groups is 1. The van der Waals surface area contributed by atoms with Gasteiger partial charge >= 0.3 is 12.1 Å². The van der Waals surface area contributed by atoms with Crippen LogP contribution >= 0.6 is 0 Å². The monoisotopic (exact) mass is 439 g/mol. The number of hydrogen-bond acceptors (Lipinski definition) is 8. The van der Waals surface area contributed by atoms with Gasteiger partial charge < -0.3 is 25.2 Å². The second kappa shape index (κ2) is 10.7. The number of esters is 1. The van der Waals surface area contributed by atoms with Gasteiger partial charge in [-0.1, -0.05) is 30.3 Å². The Morgan fingerprint density at radius 2 is 1.68 bits per heavy atom. The molecule has 0 radical (unpaired) electrons. The van der Waals surface area contributed by atoms with E-state index in [-0.39, 0.29) is 6.61 Å². The first-order valence-corrected chi connectivity index (χ1v) is 9.53. The first-order chi connectivity index (χ1) is 14.3. The normalized spacial score (nSPS) is 13.5. The molecule has 1 aromatic carbocycles. The van der Waals surface area contributed by atoms with Gasteiger partial charge in [0.2, 0.25) is 11.4 Å². The maximum absolute atomic E-state index is 12.6. The summed E-state index contributed by atoms with van der Waals surface area (Å²) in [5, 5.41) is 25.3. The van der Waals surface area contributed by atoms with E-state index >= 15 is 0 Å². The van der Waals surface area contributed by atoms with Crippen LogP contribution in [0.2, 0.25) is 0 Å². The maximum atomic E-state index is 12.6. The third-order valence-electron chi connectivity index (χ3n) is 4.11. The number of aliphatic hydroxyl groups excluding tert-OH is 1. The number of nitro groups is 1. The number of nitrogens with one attached hydrogen (secondary N) is 2. The van der Waals surface area contributed by atoms with Crippen molar-refractivity contribution in [3.05, 3.63) is 46.0 Å². The van der Waals surface area contributed by atoms with Crippen LogP contribution in [0.5, 0.6) is 0 Å². The van der Waals surface area contributed by atoms with Crippen molar-refractivity contribution < 1.29 is 33.9 Å². The van der Waals surface area contributed by atoms with Crippen molar-refractivity contribution in [2.24, 2.45) is 0 Å². The van der Waals surface area contributed by atoms with Gasteiger partial charge in [0.15, 0.2) is 6.04 Å². The van der Waals surface area contributed by atoms with Crippen molar-refractivity contribution in [3.63, 3.8) is 0 Å². The Hall–Kier alpha value is -3.21. The van der Waals surface area contributed by atoms with Gasteiger partial charge in [0.05, 0.1) is 6.61 Å². The Bertz CT molecular complexity index is 789. The Labute approximate surface area is 180 Å². The lowest BCUT2D eigenvalue weighted by molar-refractivity contribution is -0.562. The average molecular weight is 439 g/mol. The Kier molecular flexibility index (Phi) is 8.92. The fraction of sp³-hybridized carbons (Fsp3) is 0.550. The van der Waals surface area contributed by atoms with Gasteiger partial charge in [-0.3, -0.25) is 14.9 Å². The predicted molar refractivity (Wildman–Crippen MR) is 109 cm³/mol. The molecule has 1 aromatic rings. The lowest BCUT2D eigenvalue weighted by atomic mass is 9.94. The van der Waals surface area contributed by atoms with Gasteiger partial charge in [-0.15, -0.1) is 0 Å². The Morgan fingerprint density at radius 1 is 1.10 bits per heavy atom. The molecule has 0 aliphatic heterocycles. The molecule has 2 atom stereocenters. The SMILES string of the molecule is CC(C)(C)OC(=O)C(NC(=O)[C@H](CO)NC(=O)OCc1ccccc1)C(C)(C)[N+](=O)[O-]. The van der Waals surface area contributed by atoms with Crippen molar-refractivity contribution in [2.45, 2.75) is 64.4 Å². The van der Waals surface area contributed by atoms with E-state index in [1.54, 1.807) is 51.1 Å². The van der Waals surface area contributed by atoms with Crippen molar-refractivity contribution in [3.8, 4) is 0 Å². The van der Waals surface area contributed by atoms with Crippen LogP contribution in [0.1, 0.15) is 40.2 Å². The number of alkyl carbamates (subject to hydrolysis) is 1. The molecule has 11 nitrogen and oxygen atoms in total. The molecule has 2 amide bonds. The lowest BCUT2D eigenvalue weighted by Gasteiger charge is -2.30. The summed E-state index contributed by atoms with van der Waals surface area (Å²) in [7, 11) is 0. The molecule has 0 aromatic heterocycles. The van der Waals surface area contributed by atoms with Crippen LogP contribution in [0.15, 0.2) is 30.3 Å². The summed E-state index contributed by atoms with van der Waals surface area (Å²) in [6.45, 7) is 6.12. The summed E-state index contributed by atoms with van der Waals surface area (Å²) in [6.07, 6.45) is -0.986. The van der Waals surface area contributed by atoms with Gasteiger partial charge in [0.1, 0.15) is 18.2 Å². The number of rotatable bonds is 9. The summed E-state index contributed by atoms with van der Waals surface area (Å²) in [6, 6.07) is 5.59. The van der Waals surface area contributed by atoms with E-state index in [0.717, 1.165) is 13.8 Å². The van der Waals surface area contributed by atoms with Gasteiger partial charge in [-0.25, -0.2) is 9.59 Å². The minimum absolute atomic E-state index is 0.0681. The molecule has 0 spiro atoms. The highest BCUT2D eigenvalue weighted by atomic mass is 16.6. The van der Waals surface area contributed by atoms with Crippen molar-refractivity contribution >= 4 is 18.0 Å². The molecule has 0 aliphatic rings. The van der Waals surface area contributed by atoms with E-state index in [0.29, 0.717) is 5.56 Å². The summed E-state index contributed by atoms with van der Waals surface area (Å²) in [4.78, 5) is 47.8. The zero-order valence-corrected chi connectivity index (χ0v) is 18.2. The lowest BCUT2D eigenvalue weighted by Crippen LogP contribution is -2.62. The highest BCUT2D eigenvalue weighted by Crippen LogP contribution is 2.19. The number of benzene rings is 1. The highest BCUT2D eigenvalue weighted by Gasteiger charge is 2.49. The molecule has 0 bridgehead atoms. The molecule has 0 aliphatic carbocycles. The number of amides is 2. The van der Waals surface area contributed by atoms with E-state index in [1.807, 2.05) is 0 Å². The predicted octanol–water partition coefficient (Wildman–Crippen LogP) is 1.16. The average Bonchev–Trinajstić information content (AvgIpc) is 2.67. The molecular formula is C20H29N3O8. The van der Waals surface area contributed by atoms with Gasteiger partial charge in [0, 0.05) is 18.8 Å². The first kappa shape index (κ1) is 25.8. The van der Waals surface area contributed by atoms with Gasteiger partial charge in [-0.05, 0) is 26.3 Å². The molecule has 31 heavy (non-hydrogen) atoms. The number of ether oxygens (including phenoxy) is 2. The molecule has 0 heterocycles. The molecule has 0 saturated carbocycles. The minimum Gasteiger partial charge on any atom is -0.458 e. The third kappa shape index (κ3) is 8.21. The zero-order valence-electron chi connectivity index (χ0n) is 18.2. The van der Waals surface area contributed by atoms with E-state index in [2.05, 4.69) is 10.6 Å². The quantitative estimate of drug-likeness (QED) is 0.294. The van der Waals surface area contributed by atoms with Crippen LogP contribution in [0.4, 0.5) is 4.79 Å².